The molecule has 90 valence electrons. The summed E-state index contributed by atoms with van der Waals surface area (Å²) >= 11 is 0. The molecule has 0 spiro atoms. The van der Waals surface area contributed by atoms with Crippen LogP contribution in [0.4, 0.5) is 5.69 Å². The van der Waals surface area contributed by atoms with Gasteiger partial charge in [0.2, 0.25) is 0 Å². The largest absolute Gasteiger partial charge is 0.398 e. The highest BCUT2D eigenvalue weighted by molar-refractivity contribution is 6.13. The van der Waals surface area contributed by atoms with E-state index in [-0.39, 0.29) is 0 Å². The summed E-state index contributed by atoms with van der Waals surface area (Å²) in [7, 11) is 0. The molecule has 2 aromatic rings. The van der Waals surface area contributed by atoms with Crippen molar-refractivity contribution in [1.82, 2.24) is 0 Å². The maximum Gasteiger partial charge on any atom is 0.0705 e. The molecule has 1 saturated carbocycles. The minimum absolute atomic E-state index is 0.496. The number of hydrogen-bond acceptors (Lipinski definition) is 2. The van der Waals surface area contributed by atoms with E-state index >= 15 is 0 Å². The first-order chi connectivity index (χ1) is 8.75. The molecule has 0 aliphatic heterocycles. The Labute approximate surface area is 107 Å². The Morgan fingerprint density at radius 3 is 2.28 bits per heavy atom. The fraction of sp³-hybridized carbons (Fsp3) is 0.188. The number of nitrogens with two attached hydrogens (primary N) is 1. The molecule has 18 heavy (non-hydrogen) atoms. The van der Waals surface area contributed by atoms with Gasteiger partial charge >= 0.3 is 0 Å². The standard InChI is InChI=1S/C16H16N2/c17-15-4-2-1-3-14(15)16(18)13-9-7-12(8-10-13)11-5-6-11/h1-4,7-11,18H,5-6,17H2. The van der Waals surface area contributed by atoms with Crippen LogP contribution in [0.1, 0.15) is 35.4 Å². The van der Waals surface area contributed by atoms with Crippen LogP contribution in [-0.4, -0.2) is 5.71 Å². The Bertz CT molecular complexity index is 580. The number of benzene rings is 2. The maximum atomic E-state index is 8.23. The smallest absolute Gasteiger partial charge is 0.0705 e. The van der Waals surface area contributed by atoms with Gasteiger partial charge in [-0.25, -0.2) is 0 Å². The molecule has 0 bridgehead atoms. The summed E-state index contributed by atoms with van der Waals surface area (Å²) in [5.74, 6) is 0.759. The van der Waals surface area contributed by atoms with Gasteiger partial charge in [-0.3, -0.25) is 5.41 Å². The van der Waals surface area contributed by atoms with E-state index in [0.717, 1.165) is 17.0 Å². The molecule has 0 unspecified atom stereocenters. The minimum Gasteiger partial charge on any atom is -0.398 e. The van der Waals surface area contributed by atoms with Crippen LogP contribution in [0.3, 0.4) is 0 Å². The Balaban J connectivity index is 1.90. The van der Waals surface area contributed by atoms with E-state index < -0.39 is 0 Å². The van der Waals surface area contributed by atoms with E-state index in [2.05, 4.69) is 12.1 Å². The van der Waals surface area contributed by atoms with Gasteiger partial charge in [0.25, 0.3) is 0 Å². The summed E-state index contributed by atoms with van der Waals surface area (Å²) in [5, 5.41) is 8.23. The zero-order chi connectivity index (χ0) is 12.5. The molecular formula is C16H16N2. The molecule has 1 aliphatic rings. The maximum absolute atomic E-state index is 8.23. The van der Waals surface area contributed by atoms with E-state index in [9.17, 15) is 0 Å². The SMILES string of the molecule is N=C(c1ccc(C2CC2)cc1)c1ccccc1N. The summed E-state index contributed by atoms with van der Waals surface area (Å²) in [6, 6.07) is 15.9. The molecule has 2 nitrogen and oxygen atoms in total. The first kappa shape index (κ1) is 11.0. The molecular weight excluding hydrogens is 220 g/mol. The molecule has 3 N–H and O–H groups in total. The molecule has 0 saturated heterocycles. The lowest BCUT2D eigenvalue weighted by atomic mass is 9.99. The van der Waals surface area contributed by atoms with Crippen molar-refractivity contribution in [1.29, 1.82) is 5.41 Å². The first-order valence-corrected chi connectivity index (χ1v) is 6.29. The summed E-state index contributed by atoms with van der Waals surface area (Å²) in [5.41, 5.74) is 10.2. The van der Waals surface area contributed by atoms with Crippen LogP contribution in [-0.2, 0) is 0 Å². The number of rotatable bonds is 3. The normalized spacial score (nSPS) is 14.4. The van der Waals surface area contributed by atoms with Gasteiger partial charge < -0.3 is 5.73 Å². The summed E-state index contributed by atoms with van der Waals surface area (Å²) in [4.78, 5) is 0. The van der Waals surface area contributed by atoms with Gasteiger partial charge in [0.05, 0.1) is 5.71 Å². The van der Waals surface area contributed by atoms with Crippen LogP contribution in [0.2, 0.25) is 0 Å². The van der Waals surface area contributed by atoms with Crippen LogP contribution >= 0.6 is 0 Å². The Morgan fingerprint density at radius 2 is 1.67 bits per heavy atom. The molecule has 2 heteroatoms. The van der Waals surface area contributed by atoms with Crippen molar-refractivity contribution in [2.24, 2.45) is 0 Å². The number of anilines is 1. The molecule has 1 aliphatic carbocycles. The lowest BCUT2D eigenvalue weighted by molar-refractivity contribution is 1.13. The van der Waals surface area contributed by atoms with E-state index in [1.807, 2.05) is 36.4 Å². The molecule has 0 heterocycles. The molecule has 0 atom stereocenters. The monoisotopic (exact) mass is 236 g/mol. The predicted molar refractivity (Wildman–Crippen MR) is 75.2 cm³/mol. The highest BCUT2D eigenvalue weighted by Crippen LogP contribution is 2.39. The van der Waals surface area contributed by atoms with E-state index in [1.165, 1.54) is 18.4 Å². The van der Waals surface area contributed by atoms with E-state index in [0.29, 0.717) is 11.4 Å². The number of para-hydroxylation sites is 1. The van der Waals surface area contributed by atoms with Gasteiger partial charge in [-0.1, -0.05) is 42.5 Å². The first-order valence-electron chi connectivity index (χ1n) is 6.29. The van der Waals surface area contributed by atoms with Crippen molar-refractivity contribution in [3.63, 3.8) is 0 Å². The Morgan fingerprint density at radius 1 is 1.00 bits per heavy atom. The van der Waals surface area contributed by atoms with E-state index in [4.69, 9.17) is 11.1 Å². The van der Waals surface area contributed by atoms with Crippen LogP contribution in [0.5, 0.6) is 0 Å². The second-order valence-corrected chi connectivity index (χ2v) is 4.86. The summed E-state index contributed by atoms with van der Waals surface area (Å²) in [6.45, 7) is 0. The van der Waals surface area contributed by atoms with Gasteiger partial charge in [0.15, 0.2) is 0 Å². The van der Waals surface area contributed by atoms with Crippen LogP contribution < -0.4 is 5.73 Å². The van der Waals surface area contributed by atoms with Crippen molar-refractivity contribution in [2.45, 2.75) is 18.8 Å². The van der Waals surface area contributed by atoms with Crippen LogP contribution in [0.15, 0.2) is 48.5 Å². The average molecular weight is 236 g/mol. The molecule has 0 aromatic heterocycles. The number of hydrogen-bond donors (Lipinski definition) is 2. The molecule has 0 amide bonds. The third-order valence-electron chi connectivity index (χ3n) is 3.48. The quantitative estimate of drug-likeness (QED) is 0.621. The lowest BCUT2D eigenvalue weighted by Crippen LogP contribution is -2.05. The molecule has 1 fully saturated rings. The highest BCUT2D eigenvalue weighted by Gasteiger charge is 2.23. The molecule has 2 aromatic carbocycles. The Hall–Kier alpha value is -2.09. The lowest BCUT2D eigenvalue weighted by Gasteiger charge is -2.08. The fourth-order valence-electron chi connectivity index (χ4n) is 2.22. The topological polar surface area (TPSA) is 49.9 Å². The zero-order valence-corrected chi connectivity index (χ0v) is 10.2. The third-order valence-corrected chi connectivity index (χ3v) is 3.48. The predicted octanol–water partition coefficient (Wildman–Crippen LogP) is 3.56. The molecule has 3 rings (SSSR count). The molecule has 0 radical (unpaired) electrons. The summed E-state index contributed by atoms with van der Waals surface area (Å²) < 4.78 is 0. The van der Waals surface area contributed by atoms with Crippen molar-refractivity contribution in [3.8, 4) is 0 Å². The van der Waals surface area contributed by atoms with Crippen LogP contribution in [0, 0.1) is 5.41 Å². The fourth-order valence-corrected chi connectivity index (χ4v) is 2.22. The van der Waals surface area contributed by atoms with Gasteiger partial charge in [0, 0.05) is 16.8 Å². The van der Waals surface area contributed by atoms with Gasteiger partial charge in [-0.15, -0.1) is 0 Å². The Kier molecular flexibility index (Phi) is 2.63. The second-order valence-electron chi connectivity index (χ2n) is 4.86. The second kappa shape index (κ2) is 4.30. The van der Waals surface area contributed by atoms with Gasteiger partial charge in [0.1, 0.15) is 0 Å². The van der Waals surface area contributed by atoms with Crippen molar-refractivity contribution >= 4 is 11.4 Å². The van der Waals surface area contributed by atoms with Crippen molar-refractivity contribution in [2.75, 3.05) is 5.73 Å². The average Bonchev–Trinajstić information content (AvgIpc) is 3.23. The van der Waals surface area contributed by atoms with E-state index in [1.54, 1.807) is 0 Å². The van der Waals surface area contributed by atoms with Gasteiger partial charge in [-0.2, -0.15) is 0 Å². The zero-order valence-electron chi connectivity index (χ0n) is 10.2. The van der Waals surface area contributed by atoms with Crippen molar-refractivity contribution in [3.05, 3.63) is 65.2 Å². The van der Waals surface area contributed by atoms with Gasteiger partial charge in [-0.05, 0) is 30.4 Å². The minimum atomic E-state index is 0.496. The van der Waals surface area contributed by atoms with Crippen LogP contribution in [0.25, 0.3) is 0 Å². The van der Waals surface area contributed by atoms with Crippen molar-refractivity contribution < 1.29 is 0 Å². The number of nitrogens with one attached hydrogen (secondary N) is 1. The number of nitrogen functional groups attached to an aromatic ring is 1. The third kappa shape index (κ3) is 2.02. The highest BCUT2D eigenvalue weighted by atomic mass is 14.6. The summed E-state index contributed by atoms with van der Waals surface area (Å²) in [6.07, 6.45) is 2.62.